The summed E-state index contributed by atoms with van der Waals surface area (Å²) in [5, 5.41) is 3.81. The van der Waals surface area contributed by atoms with E-state index >= 15 is 0 Å². The van der Waals surface area contributed by atoms with Gasteiger partial charge >= 0.3 is 6.18 Å². The van der Waals surface area contributed by atoms with Crippen LogP contribution in [-0.2, 0) is 0 Å². The Morgan fingerprint density at radius 2 is 1.92 bits per heavy atom. The second-order valence-electron chi connectivity index (χ2n) is 10.1. The number of allylic oxidation sites excluding steroid dienone is 4. The van der Waals surface area contributed by atoms with Crippen LogP contribution in [0.2, 0.25) is 5.02 Å². The molecule has 1 fully saturated rings. The minimum Gasteiger partial charge on any atom is -0.460 e. The number of anilines is 1. The van der Waals surface area contributed by atoms with Crippen molar-refractivity contribution in [2.75, 3.05) is 18.8 Å². The molecule has 9 heteroatoms. The standard InChI is InChI=1S/C27H30ClF3N4O/c28-19-6-7-20(21(14-19)17-4-2-1-3-5-17)24(27(29,30)31)36-23-15-22(34-25(32)35-23)18-8-10-26(11-9-18)12-13-33-16-26/h4,6-8,14-15,24,33H,1-3,5,9-13,16H2,(H2,32,34,35)/t24-,26?/m1/s1. The van der Waals surface area contributed by atoms with Crippen LogP contribution in [-0.4, -0.2) is 29.2 Å². The number of ether oxygens (including phenoxy) is 1. The summed E-state index contributed by atoms with van der Waals surface area (Å²) in [4.78, 5) is 8.32. The van der Waals surface area contributed by atoms with Crippen molar-refractivity contribution in [3.8, 4) is 5.88 Å². The number of halogens is 4. The minimum atomic E-state index is -4.68. The van der Waals surface area contributed by atoms with Crippen LogP contribution in [0, 0.1) is 5.41 Å². The van der Waals surface area contributed by atoms with E-state index in [1.165, 1.54) is 18.2 Å². The van der Waals surface area contributed by atoms with E-state index in [0.717, 1.165) is 69.2 Å². The average molecular weight is 519 g/mol. The highest BCUT2D eigenvalue weighted by molar-refractivity contribution is 6.30. The fourth-order valence-corrected chi connectivity index (χ4v) is 5.74. The van der Waals surface area contributed by atoms with Crippen molar-refractivity contribution in [3.63, 3.8) is 0 Å². The topological polar surface area (TPSA) is 73.1 Å². The Labute approximate surface area is 214 Å². The molecule has 1 spiro atoms. The molecule has 2 aromatic rings. The van der Waals surface area contributed by atoms with Gasteiger partial charge in [0, 0.05) is 23.2 Å². The van der Waals surface area contributed by atoms with Crippen LogP contribution < -0.4 is 15.8 Å². The molecule has 2 heterocycles. The molecular weight excluding hydrogens is 489 g/mol. The number of aromatic nitrogens is 2. The van der Waals surface area contributed by atoms with Crippen LogP contribution in [0.5, 0.6) is 5.88 Å². The second-order valence-corrected chi connectivity index (χ2v) is 10.5. The molecule has 1 saturated heterocycles. The number of benzene rings is 1. The summed E-state index contributed by atoms with van der Waals surface area (Å²) in [6, 6.07) is 5.93. The van der Waals surface area contributed by atoms with Gasteiger partial charge in [0.2, 0.25) is 17.9 Å². The second kappa shape index (κ2) is 10.1. The van der Waals surface area contributed by atoms with Gasteiger partial charge in [0.1, 0.15) is 0 Å². The lowest BCUT2D eigenvalue weighted by atomic mass is 9.74. The Bertz CT molecular complexity index is 1190. The van der Waals surface area contributed by atoms with Crippen molar-refractivity contribution in [1.82, 2.24) is 15.3 Å². The fraction of sp³-hybridized carbons (Fsp3) is 0.481. The fourth-order valence-electron chi connectivity index (χ4n) is 5.57. The van der Waals surface area contributed by atoms with Crippen molar-refractivity contribution in [2.24, 2.45) is 5.41 Å². The maximum atomic E-state index is 14.4. The molecule has 2 aliphatic carbocycles. The molecule has 1 aliphatic heterocycles. The van der Waals surface area contributed by atoms with E-state index in [-0.39, 0.29) is 22.8 Å². The molecule has 1 unspecified atom stereocenters. The van der Waals surface area contributed by atoms with Gasteiger partial charge in [-0.15, -0.1) is 0 Å². The largest absolute Gasteiger partial charge is 0.460 e. The minimum absolute atomic E-state index is 0.0198. The van der Waals surface area contributed by atoms with Crippen LogP contribution in [0.15, 0.2) is 36.4 Å². The maximum Gasteiger partial charge on any atom is 0.429 e. The predicted molar refractivity (Wildman–Crippen MR) is 136 cm³/mol. The zero-order valence-corrected chi connectivity index (χ0v) is 20.8. The molecule has 0 radical (unpaired) electrons. The Morgan fingerprint density at radius 1 is 1.06 bits per heavy atom. The van der Waals surface area contributed by atoms with E-state index in [1.54, 1.807) is 6.07 Å². The molecule has 2 atom stereocenters. The number of hydrogen-bond donors (Lipinski definition) is 2. The lowest BCUT2D eigenvalue weighted by Gasteiger charge is -2.31. The van der Waals surface area contributed by atoms with Crippen molar-refractivity contribution >= 4 is 28.7 Å². The van der Waals surface area contributed by atoms with Crippen LogP contribution in [0.4, 0.5) is 19.1 Å². The summed E-state index contributed by atoms with van der Waals surface area (Å²) in [5.41, 5.74) is 9.03. The van der Waals surface area contributed by atoms with Gasteiger partial charge in [0.15, 0.2) is 0 Å². The van der Waals surface area contributed by atoms with Gasteiger partial charge < -0.3 is 15.8 Å². The molecule has 1 aromatic heterocycles. The van der Waals surface area contributed by atoms with E-state index in [4.69, 9.17) is 22.1 Å². The van der Waals surface area contributed by atoms with Gasteiger partial charge in [0.25, 0.3) is 0 Å². The smallest absolute Gasteiger partial charge is 0.429 e. The molecule has 3 N–H and O–H groups in total. The van der Waals surface area contributed by atoms with Gasteiger partial charge in [-0.2, -0.15) is 18.2 Å². The zero-order chi connectivity index (χ0) is 25.3. The summed E-state index contributed by atoms with van der Waals surface area (Å²) >= 11 is 6.19. The number of nitrogens with one attached hydrogen (secondary N) is 1. The van der Waals surface area contributed by atoms with Gasteiger partial charge in [-0.1, -0.05) is 29.8 Å². The third-order valence-corrected chi connectivity index (χ3v) is 7.79. The van der Waals surface area contributed by atoms with Crippen molar-refractivity contribution in [2.45, 2.75) is 63.6 Å². The van der Waals surface area contributed by atoms with Crippen molar-refractivity contribution in [1.29, 1.82) is 0 Å². The molecule has 5 rings (SSSR count). The predicted octanol–water partition coefficient (Wildman–Crippen LogP) is 6.90. The molecule has 0 bridgehead atoms. The lowest BCUT2D eigenvalue weighted by Crippen LogP contribution is -2.28. The van der Waals surface area contributed by atoms with Crippen LogP contribution >= 0.6 is 11.6 Å². The zero-order valence-electron chi connectivity index (χ0n) is 20.0. The maximum absolute atomic E-state index is 14.4. The third kappa shape index (κ3) is 5.39. The molecule has 5 nitrogen and oxygen atoms in total. The summed E-state index contributed by atoms with van der Waals surface area (Å²) in [7, 11) is 0. The van der Waals surface area contributed by atoms with Crippen LogP contribution in [0.1, 0.15) is 74.3 Å². The van der Waals surface area contributed by atoms with Crippen molar-refractivity contribution < 1.29 is 17.9 Å². The Morgan fingerprint density at radius 3 is 2.58 bits per heavy atom. The van der Waals surface area contributed by atoms with E-state index in [9.17, 15) is 13.2 Å². The molecule has 3 aliphatic rings. The molecule has 0 saturated carbocycles. The Hall–Kier alpha value is -2.58. The monoisotopic (exact) mass is 518 g/mol. The van der Waals surface area contributed by atoms with E-state index in [2.05, 4.69) is 21.4 Å². The van der Waals surface area contributed by atoms with Gasteiger partial charge in [-0.05, 0) is 92.2 Å². The Kier molecular flexibility index (Phi) is 7.01. The highest BCUT2D eigenvalue weighted by atomic mass is 35.5. The number of alkyl halides is 3. The molecule has 1 aromatic carbocycles. The first-order valence-electron chi connectivity index (χ1n) is 12.5. The SMILES string of the molecule is Nc1nc(O[C@H](c2ccc(Cl)cc2C2=CCCCC2)C(F)(F)F)cc(C2=CCC3(CCNC3)CC2)n1. The molecule has 36 heavy (non-hydrogen) atoms. The van der Waals surface area contributed by atoms with E-state index < -0.39 is 12.3 Å². The number of nitrogens with zero attached hydrogens (tertiary/aromatic N) is 2. The first-order valence-corrected chi connectivity index (χ1v) is 12.9. The number of rotatable bonds is 5. The van der Waals surface area contributed by atoms with E-state index in [1.807, 2.05) is 6.08 Å². The van der Waals surface area contributed by atoms with Crippen LogP contribution in [0.3, 0.4) is 0 Å². The van der Waals surface area contributed by atoms with Crippen molar-refractivity contribution in [3.05, 3.63) is 58.3 Å². The van der Waals surface area contributed by atoms with Gasteiger partial charge in [-0.3, -0.25) is 0 Å². The third-order valence-electron chi connectivity index (χ3n) is 7.56. The number of hydrogen-bond acceptors (Lipinski definition) is 5. The molecule has 0 amide bonds. The normalized spacial score (nSPS) is 23.3. The summed E-state index contributed by atoms with van der Waals surface area (Å²) in [5.74, 6) is -0.305. The van der Waals surface area contributed by atoms with Gasteiger partial charge in [0.05, 0.1) is 5.69 Å². The van der Waals surface area contributed by atoms with Crippen LogP contribution in [0.25, 0.3) is 11.1 Å². The number of nitrogen functional groups attached to an aromatic ring is 1. The van der Waals surface area contributed by atoms with Gasteiger partial charge in [-0.25, -0.2) is 4.98 Å². The molecular formula is C27H30ClF3N4O. The highest BCUT2D eigenvalue weighted by Gasteiger charge is 2.45. The summed E-state index contributed by atoms with van der Waals surface area (Å²) in [6.45, 7) is 2.01. The first-order chi connectivity index (χ1) is 17.2. The molecule has 192 valence electrons. The average Bonchev–Trinajstić information content (AvgIpc) is 3.30. The van der Waals surface area contributed by atoms with E-state index in [0.29, 0.717) is 22.7 Å². The Balaban J connectivity index is 1.47. The summed E-state index contributed by atoms with van der Waals surface area (Å²) < 4.78 is 48.8. The first kappa shape index (κ1) is 25.1. The lowest BCUT2D eigenvalue weighted by molar-refractivity contribution is -0.198. The summed E-state index contributed by atoms with van der Waals surface area (Å²) in [6.07, 6.45) is 4.54. The highest BCUT2D eigenvalue weighted by Crippen LogP contribution is 2.44. The number of nitrogens with two attached hydrogens (primary N) is 1. The quantitative estimate of drug-likeness (QED) is 0.450.